The van der Waals surface area contributed by atoms with Crippen LogP contribution in [0.2, 0.25) is 0 Å². The molecular weight excluding hydrogens is 376 g/mol. The number of hydrogen-bond donors (Lipinski definition) is 1. The lowest BCUT2D eigenvalue weighted by molar-refractivity contribution is -0.117. The Morgan fingerprint density at radius 2 is 1.67 bits per heavy atom. The first-order valence-electron chi connectivity index (χ1n) is 11.9. The minimum absolute atomic E-state index is 0.114. The van der Waals surface area contributed by atoms with E-state index in [9.17, 15) is 9.59 Å². The summed E-state index contributed by atoms with van der Waals surface area (Å²) in [6, 6.07) is 5.87. The summed E-state index contributed by atoms with van der Waals surface area (Å²) in [5.41, 5.74) is 2.59. The molecule has 3 fully saturated rings. The third-order valence-corrected chi connectivity index (χ3v) is 6.59. The molecule has 2 aliphatic heterocycles. The molecule has 1 aliphatic carbocycles. The number of nitrogens with zero attached hydrogens (tertiary/aromatic N) is 3. The van der Waals surface area contributed by atoms with E-state index in [1.54, 1.807) is 0 Å². The van der Waals surface area contributed by atoms with Crippen molar-refractivity contribution in [2.24, 2.45) is 5.92 Å². The molecule has 0 spiro atoms. The summed E-state index contributed by atoms with van der Waals surface area (Å²) in [4.78, 5) is 32.5. The van der Waals surface area contributed by atoms with Gasteiger partial charge in [0.15, 0.2) is 0 Å². The quantitative estimate of drug-likeness (QED) is 0.776. The third-order valence-electron chi connectivity index (χ3n) is 6.59. The topological polar surface area (TPSA) is 55.9 Å². The monoisotopic (exact) mass is 412 g/mol. The molecule has 1 aromatic rings. The van der Waals surface area contributed by atoms with Crippen LogP contribution in [0.15, 0.2) is 18.2 Å². The molecule has 164 valence electrons. The van der Waals surface area contributed by atoms with E-state index in [0.717, 1.165) is 94.9 Å². The van der Waals surface area contributed by atoms with E-state index in [4.69, 9.17) is 0 Å². The standard InChI is InChI=1S/C24H36N4O2/c1-2-11-26-14-16-28(17-15-26)24(30)21-10-9-20(25-23(29)19-7-8-19)18-22(21)27-12-5-3-4-6-13-27/h9-10,18-19H,2-8,11-17H2,1H3,(H,25,29). The van der Waals surface area contributed by atoms with Gasteiger partial charge in [-0.25, -0.2) is 0 Å². The molecule has 4 rings (SSSR count). The Kier molecular flexibility index (Phi) is 6.93. The number of rotatable bonds is 6. The summed E-state index contributed by atoms with van der Waals surface area (Å²) in [7, 11) is 0. The van der Waals surface area contributed by atoms with Gasteiger partial charge in [-0.05, 0) is 56.8 Å². The molecule has 6 nitrogen and oxygen atoms in total. The van der Waals surface area contributed by atoms with E-state index in [1.165, 1.54) is 12.8 Å². The lowest BCUT2D eigenvalue weighted by atomic mass is 10.1. The van der Waals surface area contributed by atoms with Gasteiger partial charge < -0.3 is 15.1 Å². The Morgan fingerprint density at radius 1 is 0.967 bits per heavy atom. The number of benzene rings is 1. The number of nitrogens with one attached hydrogen (secondary N) is 1. The number of carbonyl (C=O) groups excluding carboxylic acids is 2. The Hall–Kier alpha value is -2.08. The van der Waals surface area contributed by atoms with Gasteiger partial charge in [0, 0.05) is 50.9 Å². The maximum atomic E-state index is 13.5. The van der Waals surface area contributed by atoms with Crippen molar-refractivity contribution >= 4 is 23.2 Å². The van der Waals surface area contributed by atoms with Crippen molar-refractivity contribution in [3.8, 4) is 0 Å². The highest BCUT2D eigenvalue weighted by Crippen LogP contribution is 2.32. The summed E-state index contributed by atoms with van der Waals surface area (Å²) < 4.78 is 0. The van der Waals surface area contributed by atoms with Crippen molar-refractivity contribution in [2.75, 3.05) is 56.0 Å². The lowest BCUT2D eigenvalue weighted by Gasteiger charge is -2.35. The maximum absolute atomic E-state index is 13.5. The highest BCUT2D eigenvalue weighted by Gasteiger charge is 2.30. The van der Waals surface area contributed by atoms with E-state index in [1.807, 2.05) is 23.1 Å². The number of hydrogen-bond acceptors (Lipinski definition) is 4. The molecule has 0 aromatic heterocycles. The summed E-state index contributed by atoms with van der Waals surface area (Å²) in [5.74, 6) is 0.417. The van der Waals surface area contributed by atoms with Gasteiger partial charge in [-0.2, -0.15) is 0 Å². The van der Waals surface area contributed by atoms with Crippen LogP contribution in [-0.2, 0) is 4.79 Å². The summed E-state index contributed by atoms with van der Waals surface area (Å²) >= 11 is 0. The highest BCUT2D eigenvalue weighted by atomic mass is 16.2. The normalized spacial score (nSPS) is 20.7. The van der Waals surface area contributed by atoms with Crippen LogP contribution in [0.5, 0.6) is 0 Å². The van der Waals surface area contributed by atoms with Crippen molar-refractivity contribution in [3.63, 3.8) is 0 Å². The van der Waals surface area contributed by atoms with E-state index < -0.39 is 0 Å². The minimum Gasteiger partial charge on any atom is -0.371 e. The zero-order valence-electron chi connectivity index (χ0n) is 18.4. The van der Waals surface area contributed by atoms with Gasteiger partial charge in [0.25, 0.3) is 5.91 Å². The Balaban J connectivity index is 1.54. The van der Waals surface area contributed by atoms with E-state index >= 15 is 0 Å². The molecular formula is C24H36N4O2. The fourth-order valence-electron chi connectivity index (χ4n) is 4.61. The number of amides is 2. The van der Waals surface area contributed by atoms with Crippen molar-refractivity contribution in [3.05, 3.63) is 23.8 Å². The van der Waals surface area contributed by atoms with E-state index in [2.05, 4.69) is 22.0 Å². The number of piperazine rings is 1. The van der Waals surface area contributed by atoms with Gasteiger partial charge in [-0.15, -0.1) is 0 Å². The molecule has 0 atom stereocenters. The molecule has 1 aromatic carbocycles. The van der Waals surface area contributed by atoms with Crippen LogP contribution in [0, 0.1) is 5.92 Å². The van der Waals surface area contributed by atoms with Crippen molar-refractivity contribution < 1.29 is 9.59 Å². The molecule has 2 heterocycles. The first kappa shape index (κ1) is 21.2. The fraction of sp³-hybridized carbons (Fsp3) is 0.667. The highest BCUT2D eigenvalue weighted by molar-refractivity contribution is 6.02. The van der Waals surface area contributed by atoms with Gasteiger partial charge in [0.2, 0.25) is 5.91 Å². The van der Waals surface area contributed by atoms with Crippen LogP contribution in [-0.4, -0.2) is 67.4 Å². The van der Waals surface area contributed by atoms with Gasteiger partial charge in [-0.1, -0.05) is 19.8 Å². The maximum Gasteiger partial charge on any atom is 0.256 e. The van der Waals surface area contributed by atoms with Crippen molar-refractivity contribution in [2.45, 2.75) is 51.9 Å². The molecule has 6 heteroatoms. The van der Waals surface area contributed by atoms with Crippen molar-refractivity contribution in [1.29, 1.82) is 0 Å². The van der Waals surface area contributed by atoms with Crippen LogP contribution in [0.1, 0.15) is 62.2 Å². The molecule has 3 aliphatic rings. The molecule has 1 saturated carbocycles. The second kappa shape index (κ2) is 9.82. The molecule has 0 radical (unpaired) electrons. The second-order valence-electron chi connectivity index (χ2n) is 9.03. The smallest absolute Gasteiger partial charge is 0.256 e. The lowest BCUT2D eigenvalue weighted by Crippen LogP contribution is -2.49. The van der Waals surface area contributed by atoms with E-state index in [-0.39, 0.29) is 17.7 Å². The summed E-state index contributed by atoms with van der Waals surface area (Å²) in [6.07, 6.45) is 7.94. The Morgan fingerprint density at radius 3 is 2.30 bits per heavy atom. The average molecular weight is 413 g/mol. The summed E-state index contributed by atoms with van der Waals surface area (Å²) in [5, 5.41) is 3.07. The fourth-order valence-corrected chi connectivity index (χ4v) is 4.61. The van der Waals surface area contributed by atoms with Gasteiger partial charge in [0.1, 0.15) is 0 Å². The molecule has 30 heavy (non-hydrogen) atoms. The third kappa shape index (κ3) is 5.15. The second-order valence-corrected chi connectivity index (χ2v) is 9.03. The zero-order valence-corrected chi connectivity index (χ0v) is 18.4. The summed E-state index contributed by atoms with van der Waals surface area (Å²) in [6.45, 7) is 8.75. The molecule has 2 amide bonds. The van der Waals surface area contributed by atoms with Crippen LogP contribution >= 0.6 is 0 Å². The molecule has 2 saturated heterocycles. The van der Waals surface area contributed by atoms with Crippen LogP contribution in [0.4, 0.5) is 11.4 Å². The van der Waals surface area contributed by atoms with Crippen LogP contribution in [0.3, 0.4) is 0 Å². The SMILES string of the molecule is CCCN1CCN(C(=O)c2ccc(NC(=O)C3CC3)cc2N2CCCCCC2)CC1. The number of anilines is 2. The average Bonchev–Trinajstić information content (AvgIpc) is 3.61. The molecule has 0 bridgehead atoms. The largest absolute Gasteiger partial charge is 0.371 e. The first-order chi connectivity index (χ1) is 14.7. The minimum atomic E-state index is 0.114. The number of carbonyl (C=O) groups is 2. The van der Waals surface area contributed by atoms with Gasteiger partial charge in [0.05, 0.1) is 11.3 Å². The Labute approximate surface area is 180 Å². The van der Waals surface area contributed by atoms with E-state index in [0.29, 0.717) is 0 Å². The van der Waals surface area contributed by atoms with Crippen molar-refractivity contribution in [1.82, 2.24) is 9.80 Å². The first-order valence-corrected chi connectivity index (χ1v) is 11.9. The Bertz CT molecular complexity index is 746. The molecule has 1 N–H and O–H groups in total. The zero-order chi connectivity index (χ0) is 20.9. The van der Waals surface area contributed by atoms with Crippen LogP contribution < -0.4 is 10.2 Å². The van der Waals surface area contributed by atoms with Crippen LogP contribution in [0.25, 0.3) is 0 Å². The predicted octanol–water partition coefficient (Wildman–Crippen LogP) is 3.58. The van der Waals surface area contributed by atoms with Gasteiger partial charge >= 0.3 is 0 Å². The molecule has 0 unspecified atom stereocenters. The van der Waals surface area contributed by atoms with Gasteiger partial charge in [-0.3, -0.25) is 14.5 Å². The predicted molar refractivity (Wildman–Crippen MR) is 121 cm³/mol.